The molecule has 12 heteroatoms. The maximum absolute atomic E-state index is 12.9. The Labute approximate surface area is 454 Å². The second kappa shape index (κ2) is 56.9. The van der Waals surface area contributed by atoms with Gasteiger partial charge in [-0.05, 0) is 57.8 Å². The van der Waals surface area contributed by atoms with Crippen molar-refractivity contribution in [1.29, 1.82) is 0 Å². The van der Waals surface area contributed by atoms with E-state index in [4.69, 9.17) is 23.3 Å². The second-order valence-electron chi connectivity index (χ2n) is 20.9. The summed E-state index contributed by atoms with van der Waals surface area (Å²) in [5.74, 6) is -1.46. The van der Waals surface area contributed by atoms with Crippen molar-refractivity contribution >= 4 is 25.7 Å². The highest BCUT2D eigenvalue weighted by Gasteiger charge is 2.28. The molecule has 0 aromatic carbocycles. The van der Waals surface area contributed by atoms with Crippen LogP contribution in [0.1, 0.15) is 303 Å². The third-order valence-electron chi connectivity index (χ3n) is 13.6. The van der Waals surface area contributed by atoms with Gasteiger partial charge in [-0.15, -0.1) is 0 Å². The van der Waals surface area contributed by atoms with Gasteiger partial charge >= 0.3 is 25.7 Å². The van der Waals surface area contributed by atoms with Gasteiger partial charge in [-0.3, -0.25) is 23.4 Å². The van der Waals surface area contributed by atoms with E-state index in [-0.39, 0.29) is 25.9 Å². The smallest absolute Gasteiger partial charge is 0.462 e. The van der Waals surface area contributed by atoms with Gasteiger partial charge in [0.1, 0.15) is 12.7 Å². The Morgan fingerprint density at radius 1 is 0.378 bits per heavy atom. The fourth-order valence-electron chi connectivity index (χ4n) is 8.84. The van der Waals surface area contributed by atoms with Gasteiger partial charge in [0.2, 0.25) is 0 Å². The van der Waals surface area contributed by atoms with Crippen LogP contribution in [0.5, 0.6) is 0 Å². The van der Waals surface area contributed by atoms with E-state index in [1.165, 1.54) is 154 Å². The maximum Gasteiger partial charge on any atom is 0.472 e. The molecule has 0 aromatic heterocycles. The predicted molar refractivity (Wildman–Crippen MR) is 307 cm³/mol. The van der Waals surface area contributed by atoms with Crippen molar-refractivity contribution in [2.24, 2.45) is 0 Å². The van der Waals surface area contributed by atoms with Crippen molar-refractivity contribution < 1.29 is 52.2 Å². The third-order valence-corrected chi connectivity index (χ3v) is 14.5. The number of unbranched alkanes of at least 4 members (excludes halogenated alkanes) is 35. The van der Waals surface area contributed by atoms with Crippen LogP contribution >= 0.6 is 7.82 Å². The minimum atomic E-state index is -4.74. The summed E-state index contributed by atoms with van der Waals surface area (Å²) < 4.78 is 39.5. The molecule has 0 aliphatic carbocycles. The monoisotopic (exact) mass is 1070 g/mol. The van der Waals surface area contributed by atoms with Gasteiger partial charge in [-0.2, -0.15) is 0 Å². The van der Waals surface area contributed by atoms with Crippen molar-refractivity contribution in [3.63, 3.8) is 0 Å². The van der Waals surface area contributed by atoms with Gasteiger partial charge in [0.15, 0.2) is 6.10 Å². The molecule has 3 atom stereocenters. The van der Waals surface area contributed by atoms with Gasteiger partial charge in [0.05, 0.1) is 19.8 Å². The van der Waals surface area contributed by atoms with Gasteiger partial charge in [-0.1, -0.05) is 263 Å². The minimum Gasteiger partial charge on any atom is -0.462 e. The lowest BCUT2D eigenvalue weighted by molar-refractivity contribution is -0.161. The fraction of sp³-hybridized carbons (Fsp3) is 0.855. The van der Waals surface area contributed by atoms with Crippen LogP contribution in [0, 0.1) is 0 Å². The zero-order valence-corrected chi connectivity index (χ0v) is 49.0. The average molecular weight is 1070 g/mol. The SMILES string of the molecule is CCCCC/C=C\C/C=C\C/C=C\CCCCCCCCC(=O)OCC(COP(=O)(O)OCC(CO)OC(=O)CCCCCCCCCCC)OC(=O)CCCCCCCCCCCCCCCCCCCCC. The summed E-state index contributed by atoms with van der Waals surface area (Å²) in [4.78, 5) is 48.5. The molecule has 434 valence electrons. The van der Waals surface area contributed by atoms with E-state index in [0.717, 1.165) is 89.9 Å². The van der Waals surface area contributed by atoms with E-state index >= 15 is 0 Å². The van der Waals surface area contributed by atoms with Gasteiger partial charge in [0.25, 0.3) is 0 Å². The average Bonchev–Trinajstić information content (AvgIpc) is 3.39. The van der Waals surface area contributed by atoms with Crippen LogP contribution in [0.3, 0.4) is 0 Å². The molecular formula is C62H115O11P. The van der Waals surface area contributed by atoms with Crippen molar-refractivity contribution in [2.45, 2.75) is 315 Å². The topological polar surface area (TPSA) is 155 Å². The van der Waals surface area contributed by atoms with Gasteiger partial charge in [-0.25, -0.2) is 4.57 Å². The summed E-state index contributed by atoms with van der Waals surface area (Å²) in [6.45, 7) is 4.63. The number of rotatable bonds is 58. The van der Waals surface area contributed by atoms with E-state index in [9.17, 15) is 28.9 Å². The van der Waals surface area contributed by atoms with E-state index in [1.54, 1.807) is 0 Å². The summed E-state index contributed by atoms with van der Waals surface area (Å²) in [5.41, 5.74) is 0. The number of aliphatic hydroxyl groups is 1. The zero-order valence-electron chi connectivity index (χ0n) is 48.1. The van der Waals surface area contributed by atoms with Crippen LogP contribution in [0.4, 0.5) is 0 Å². The number of ether oxygens (including phenoxy) is 3. The molecule has 0 saturated carbocycles. The largest absolute Gasteiger partial charge is 0.472 e. The molecule has 2 N–H and O–H groups in total. The van der Waals surface area contributed by atoms with Crippen molar-refractivity contribution in [3.8, 4) is 0 Å². The number of hydrogen-bond acceptors (Lipinski definition) is 10. The van der Waals surface area contributed by atoms with Crippen molar-refractivity contribution in [3.05, 3.63) is 36.5 Å². The van der Waals surface area contributed by atoms with Crippen LogP contribution in [0.25, 0.3) is 0 Å². The first kappa shape index (κ1) is 71.7. The van der Waals surface area contributed by atoms with E-state index in [0.29, 0.717) is 19.3 Å². The summed E-state index contributed by atoms with van der Waals surface area (Å²) in [6.07, 6.45) is 59.7. The first-order valence-corrected chi connectivity index (χ1v) is 32.4. The number of aliphatic hydroxyl groups excluding tert-OH is 1. The summed E-state index contributed by atoms with van der Waals surface area (Å²) >= 11 is 0. The maximum atomic E-state index is 12.9. The Bertz CT molecular complexity index is 1380. The third kappa shape index (κ3) is 54.5. The number of allylic oxidation sites excluding steroid dienone is 6. The van der Waals surface area contributed by atoms with Gasteiger partial charge in [0, 0.05) is 19.3 Å². The number of hydrogen-bond donors (Lipinski definition) is 2. The van der Waals surface area contributed by atoms with E-state index in [1.807, 2.05) is 0 Å². The molecule has 0 heterocycles. The highest BCUT2D eigenvalue weighted by atomic mass is 31.2. The Morgan fingerprint density at radius 2 is 0.662 bits per heavy atom. The first-order chi connectivity index (χ1) is 36.2. The molecule has 3 unspecified atom stereocenters. The normalized spacial score (nSPS) is 13.5. The van der Waals surface area contributed by atoms with Crippen LogP contribution in [-0.4, -0.2) is 66.5 Å². The Kier molecular flexibility index (Phi) is 55.1. The molecule has 11 nitrogen and oxygen atoms in total. The zero-order chi connectivity index (χ0) is 54.1. The summed E-state index contributed by atoms with van der Waals surface area (Å²) in [7, 11) is -4.74. The first-order valence-electron chi connectivity index (χ1n) is 30.9. The Morgan fingerprint density at radius 3 is 1.04 bits per heavy atom. The molecule has 74 heavy (non-hydrogen) atoms. The van der Waals surface area contributed by atoms with Crippen molar-refractivity contribution in [2.75, 3.05) is 26.4 Å². The minimum absolute atomic E-state index is 0.171. The molecule has 0 bridgehead atoms. The molecule has 0 aromatic rings. The number of esters is 3. The lowest BCUT2D eigenvalue weighted by Gasteiger charge is -2.21. The summed E-state index contributed by atoms with van der Waals surface area (Å²) in [6, 6.07) is 0. The Balaban J connectivity index is 4.67. The standard InChI is InChI=1S/C62H115O11P/c1-4-7-10-13-16-19-21-23-25-27-29-31-33-35-37-40-42-45-48-51-60(64)69-55-59(57-71-74(67,68)70-56-58(54-63)72-61(65)52-49-46-43-39-18-15-12-9-6-3)73-62(66)53-50-47-44-41-38-36-34-32-30-28-26-24-22-20-17-14-11-8-5-2/h16,19,23,25,29,31,58-59,63H,4-15,17-18,20-22,24,26-28,30,32-57H2,1-3H3,(H,67,68)/b19-16-,25-23-,31-29-. The number of phosphoric ester groups is 1. The molecule has 0 aliphatic heterocycles. The highest BCUT2D eigenvalue weighted by Crippen LogP contribution is 2.43. The fourth-order valence-corrected chi connectivity index (χ4v) is 9.62. The molecule has 0 fully saturated rings. The predicted octanol–water partition coefficient (Wildman–Crippen LogP) is 18.4. The van der Waals surface area contributed by atoms with E-state index < -0.39 is 57.8 Å². The molecule has 0 saturated heterocycles. The van der Waals surface area contributed by atoms with Crippen LogP contribution < -0.4 is 0 Å². The molecule has 0 radical (unpaired) electrons. The van der Waals surface area contributed by atoms with Crippen molar-refractivity contribution in [1.82, 2.24) is 0 Å². The molecule has 0 rings (SSSR count). The quantitative estimate of drug-likeness (QED) is 0.0197. The molecule has 0 aliphatic rings. The number of phosphoric acid groups is 1. The number of carbonyl (C=O) groups is 3. The molecular weight excluding hydrogens is 952 g/mol. The van der Waals surface area contributed by atoms with Crippen LogP contribution in [-0.2, 0) is 42.2 Å². The molecule has 0 amide bonds. The highest BCUT2D eigenvalue weighted by molar-refractivity contribution is 7.47. The van der Waals surface area contributed by atoms with Gasteiger partial charge < -0.3 is 24.2 Å². The van der Waals surface area contributed by atoms with Crippen LogP contribution in [0.2, 0.25) is 0 Å². The second-order valence-corrected chi connectivity index (χ2v) is 22.3. The Hall–Kier alpha value is -2.30. The van der Waals surface area contributed by atoms with Crippen LogP contribution in [0.15, 0.2) is 36.5 Å². The lowest BCUT2D eigenvalue weighted by Crippen LogP contribution is -2.30. The van der Waals surface area contributed by atoms with E-state index in [2.05, 4.69) is 57.2 Å². The lowest BCUT2D eigenvalue weighted by atomic mass is 10.0. The number of carbonyl (C=O) groups excluding carboxylic acids is 3. The summed E-state index contributed by atoms with van der Waals surface area (Å²) in [5, 5.41) is 9.79. The molecule has 0 spiro atoms.